The van der Waals surface area contributed by atoms with Crippen LogP contribution < -0.4 is 17.0 Å². The van der Waals surface area contributed by atoms with Crippen LogP contribution in [0.25, 0.3) is 0 Å². The third-order valence-electron chi connectivity index (χ3n) is 1.32. The van der Waals surface area contributed by atoms with Crippen LogP contribution in [0.2, 0.25) is 0 Å². The number of rotatable bonds is 7. The fraction of sp³-hybridized carbons (Fsp3) is 0.778. The van der Waals surface area contributed by atoms with Gasteiger partial charge in [-0.25, -0.2) is 0 Å². The van der Waals surface area contributed by atoms with E-state index in [1.54, 1.807) is 7.11 Å². The van der Waals surface area contributed by atoms with Crippen molar-refractivity contribution in [3.8, 4) is 5.92 Å². The van der Waals surface area contributed by atoms with Crippen LogP contribution in [0, 0.1) is 12.3 Å². The molecule has 1 unspecified atom stereocenters. The largest absolute Gasteiger partial charge is 1.00 e. The summed E-state index contributed by atoms with van der Waals surface area (Å²) in [5, 5.41) is 0. The Hall–Kier alpha value is 0.543. The van der Waals surface area contributed by atoms with Crippen molar-refractivity contribution in [1.82, 2.24) is 0 Å². The molecule has 0 aliphatic rings. The minimum absolute atomic E-state index is 0. The van der Waals surface area contributed by atoms with Crippen LogP contribution in [0.15, 0.2) is 0 Å². The van der Waals surface area contributed by atoms with Gasteiger partial charge in [-0.05, 0) is 12.8 Å². The molecule has 0 N–H and O–H groups in total. The van der Waals surface area contributed by atoms with Gasteiger partial charge in [-0.15, -0.1) is 0 Å². The minimum Gasteiger partial charge on any atom is -1.00 e. The monoisotopic (exact) mass is 314 g/mol. The van der Waals surface area contributed by atoms with E-state index in [2.05, 4.69) is 5.92 Å². The summed E-state index contributed by atoms with van der Waals surface area (Å²) in [5.41, 5.74) is 0. The molecule has 0 saturated heterocycles. The number of halogens is 1. The Kier molecular flexibility index (Phi) is 22.9. The van der Waals surface area contributed by atoms with Crippen molar-refractivity contribution in [1.29, 1.82) is 0 Å². The standard InChI is InChI=1S/C9H15O3.BrH.Zn/c1-4-9(5-2)12-8-11-7-6-10-3;;/h9H,4,6-8H2,1,3H3;1H;/p-1. The second-order valence-electron chi connectivity index (χ2n) is 2.23. The Morgan fingerprint density at radius 1 is 1.36 bits per heavy atom. The molecule has 0 aliphatic carbocycles. The summed E-state index contributed by atoms with van der Waals surface area (Å²) < 4.78 is 14.9. The molecule has 0 aromatic carbocycles. The molecule has 0 saturated carbocycles. The number of hydrogen-bond acceptors (Lipinski definition) is 3. The van der Waals surface area contributed by atoms with Gasteiger partial charge in [0.15, 0.2) is 0 Å². The van der Waals surface area contributed by atoms with E-state index in [1.807, 2.05) is 6.92 Å². The first-order valence-electron chi connectivity index (χ1n) is 3.95. The summed E-state index contributed by atoms with van der Waals surface area (Å²) >= 11 is 0. The maximum Gasteiger partial charge on any atom is 0.148 e. The zero-order valence-corrected chi connectivity index (χ0v) is 13.3. The second-order valence-corrected chi connectivity index (χ2v) is 2.23. The van der Waals surface area contributed by atoms with Crippen molar-refractivity contribution in [2.45, 2.75) is 19.4 Å². The van der Waals surface area contributed by atoms with Crippen molar-refractivity contribution >= 4 is 0 Å². The smallest absolute Gasteiger partial charge is 0.148 e. The van der Waals surface area contributed by atoms with Gasteiger partial charge in [0.05, 0.1) is 13.2 Å². The van der Waals surface area contributed by atoms with Crippen LogP contribution in [0.4, 0.5) is 0 Å². The van der Waals surface area contributed by atoms with Gasteiger partial charge in [0, 0.05) is 26.6 Å². The Morgan fingerprint density at radius 2 is 2.00 bits per heavy atom. The van der Waals surface area contributed by atoms with Crippen LogP contribution in [-0.4, -0.2) is 33.2 Å². The predicted molar refractivity (Wildman–Crippen MR) is 45.0 cm³/mol. The zero-order chi connectivity index (χ0) is 9.23. The third kappa shape index (κ3) is 12.5. The first-order valence-corrected chi connectivity index (χ1v) is 3.95. The first-order chi connectivity index (χ1) is 5.85. The van der Waals surface area contributed by atoms with Gasteiger partial charge in [-0.3, -0.25) is 0 Å². The molecular weight excluding hydrogens is 301 g/mol. The summed E-state index contributed by atoms with van der Waals surface area (Å²) in [6, 6.07) is 0. The molecule has 1 radical (unpaired) electrons. The molecule has 0 aromatic heterocycles. The predicted octanol–water partition coefficient (Wildman–Crippen LogP) is -2.01. The molecule has 14 heavy (non-hydrogen) atoms. The average molecular weight is 317 g/mol. The number of hydrogen-bond donors (Lipinski definition) is 0. The summed E-state index contributed by atoms with van der Waals surface area (Å²) in [6.45, 7) is 3.22. The fourth-order valence-electron chi connectivity index (χ4n) is 0.593. The quantitative estimate of drug-likeness (QED) is 0.235. The van der Waals surface area contributed by atoms with Crippen molar-refractivity contribution in [3.05, 3.63) is 6.42 Å². The topological polar surface area (TPSA) is 27.7 Å². The van der Waals surface area contributed by atoms with Crippen molar-refractivity contribution < 1.29 is 50.7 Å². The molecule has 0 amide bonds. The van der Waals surface area contributed by atoms with Crippen LogP contribution in [0.1, 0.15) is 13.3 Å². The van der Waals surface area contributed by atoms with Crippen LogP contribution in [0.3, 0.4) is 0 Å². The zero-order valence-electron chi connectivity index (χ0n) is 8.72. The Morgan fingerprint density at radius 3 is 2.43 bits per heavy atom. The van der Waals surface area contributed by atoms with Crippen molar-refractivity contribution in [2.24, 2.45) is 0 Å². The summed E-state index contributed by atoms with van der Waals surface area (Å²) in [7, 11) is 1.62. The number of ether oxygens (including phenoxy) is 3. The van der Waals surface area contributed by atoms with E-state index in [-0.39, 0.29) is 49.4 Å². The summed E-state index contributed by atoms with van der Waals surface area (Å²) in [4.78, 5) is 0. The Balaban J connectivity index is -0.000000605. The molecule has 0 aliphatic heterocycles. The molecule has 0 rings (SSSR count). The van der Waals surface area contributed by atoms with E-state index >= 15 is 0 Å². The maximum atomic E-state index is 6.82. The van der Waals surface area contributed by atoms with Gasteiger partial charge in [-0.1, -0.05) is 12.8 Å². The van der Waals surface area contributed by atoms with Crippen molar-refractivity contribution in [3.63, 3.8) is 0 Å². The Bertz CT molecular complexity index is 139. The van der Waals surface area contributed by atoms with Gasteiger partial charge in [0.25, 0.3) is 0 Å². The summed E-state index contributed by atoms with van der Waals surface area (Å²) in [6.07, 6.45) is 7.33. The summed E-state index contributed by atoms with van der Waals surface area (Å²) in [5.74, 6) is 2.26. The molecule has 0 aromatic rings. The van der Waals surface area contributed by atoms with Gasteiger partial charge in [-0.2, -0.15) is 0 Å². The van der Waals surface area contributed by atoms with Gasteiger partial charge in [0.2, 0.25) is 0 Å². The van der Waals surface area contributed by atoms with E-state index in [0.29, 0.717) is 13.2 Å². The van der Waals surface area contributed by atoms with Crippen LogP contribution >= 0.6 is 0 Å². The maximum absolute atomic E-state index is 6.82. The molecular formula is C9H15BrO3Zn-. The molecule has 0 heterocycles. The fourth-order valence-corrected chi connectivity index (χ4v) is 0.593. The van der Waals surface area contributed by atoms with E-state index in [9.17, 15) is 0 Å². The molecule has 3 nitrogen and oxygen atoms in total. The van der Waals surface area contributed by atoms with Gasteiger partial charge in [0.1, 0.15) is 12.9 Å². The molecule has 79 valence electrons. The van der Waals surface area contributed by atoms with Gasteiger partial charge >= 0.3 is 0 Å². The van der Waals surface area contributed by atoms with Crippen LogP contribution in [0.5, 0.6) is 0 Å². The van der Waals surface area contributed by atoms with E-state index < -0.39 is 0 Å². The molecule has 0 bridgehead atoms. The second kappa shape index (κ2) is 16.0. The van der Waals surface area contributed by atoms with E-state index in [4.69, 9.17) is 20.6 Å². The third-order valence-corrected chi connectivity index (χ3v) is 1.32. The number of methoxy groups -OCH3 is 1. The molecule has 0 fully saturated rings. The van der Waals surface area contributed by atoms with E-state index in [1.165, 1.54) is 0 Å². The van der Waals surface area contributed by atoms with E-state index in [0.717, 1.165) is 6.42 Å². The SMILES string of the molecule is [Br-].[C]#CC(CC)OCOCCOC.[Zn]. The minimum atomic E-state index is -0.243. The molecule has 5 heteroatoms. The van der Waals surface area contributed by atoms with Crippen molar-refractivity contribution in [2.75, 3.05) is 27.1 Å². The first kappa shape index (κ1) is 20.0. The van der Waals surface area contributed by atoms with Crippen LogP contribution in [-0.2, 0) is 33.7 Å². The van der Waals surface area contributed by atoms with Gasteiger partial charge < -0.3 is 31.2 Å². The average Bonchev–Trinajstić information content (AvgIpc) is 2.11. The molecule has 0 spiro atoms. The molecule has 1 atom stereocenters. The normalized spacial score (nSPS) is 10.6. The Labute approximate surface area is 109 Å².